The molecule has 0 amide bonds. The molecule has 1 fully saturated rings. The predicted octanol–water partition coefficient (Wildman–Crippen LogP) is 3.78. The largest absolute Gasteiger partial charge is 0.515 e. The molecule has 2 aliphatic rings. The summed E-state index contributed by atoms with van der Waals surface area (Å²) in [5.74, 6) is 0.0131. The Labute approximate surface area is 175 Å². The number of ketones is 1. The fraction of sp³-hybridized carbons (Fsp3) is 0.333. The molecule has 2 aliphatic carbocycles. The van der Waals surface area contributed by atoms with E-state index in [0.29, 0.717) is 12.0 Å². The number of fused-ring (bicyclic) bond motifs is 3. The molecular weight excluding hydrogens is 376 g/mol. The maximum absolute atomic E-state index is 12.9. The third-order valence-electron chi connectivity index (χ3n) is 6.99. The number of carbonyl (C=O) groups excluding carboxylic acids is 1. The topological polar surface area (TPSA) is 80.9 Å². The van der Waals surface area contributed by atoms with Crippen molar-refractivity contribution in [2.45, 2.75) is 31.6 Å². The van der Waals surface area contributed by atoms with Crippen molar-refractivity contribution in [1.82, 2.24) is 19.7 Å². The smallest absolute Gasteiger partial charge is 0.165 e. The second-order valence-electron chi connectivity index (χ2n) is 8.39. The molecule has 1 N–H and O–H groups in total. The zero-order chi connectivity index (χ0) is 20.9. The van der Waals surface area contributed by atoms with E-state index in [1.165, 1.54) is 11.9 Å². The van der Waals surface area contributed by atoms with Crippen molar-refractivity contribution in [1.29, 1.82) is 0 Å². The maximum Gasteiger partial charge on any atom is 0.165 e. The van der Waals surface area contributed by atoms with Crippen LogP contribution in [0.5, 0.6) is 0 Å². The summed E-state index contributed by atoms with van der Waals surface area (Å²) in [6.07, 6.45) is 8.33. The molecule has 0 radical (unpaired) electrons. The number of aromatic nitrogens is 4. The van der Waals surface area contributed by atoms with Gasteiger partial charge in [-0.1, -0.05) is 37.3 Å². The number of hydrogen-bond donors (Lipinski definition) is 1. The van der Waals surface area contributed by atoms with E-state index in [4.69, 9.17) is 5.10 Å². The summed E-state index contributed by atoms with van der Waals surface area (Å²) in [4.78, 5) is 21.3. The van der Waals surface area contributed by atoms with Gasteiger partial charge in [-0.05, 0) is 30.7 Å². The summed E-state index contributed by atoms with van der Waals surface area (Å²) in [5.41, 5.74) is 5.34. The van der Waals surface area contributed by atoms with Crippen molar-refractivity contribution in [3.63, 3.8) is 0 Å². The Morgan fingerprint density at radius 2 is 1.93 bits per heavy atom. The molecule has 1 saturated carbocycles. The van der Waals surface area contributed by atoms with Crippen LogP contribution in [0.1, 0.15) is 36.6 Å². The summed E-state index contributed by atoms with van der Waals surface area (Å²) in [7, 11) is 1.97. The molecule has 3 atom stereocenters. The van der Waals surface area contributed by atoms with Gasteiger partial charge in [0.15, 0.2) is 5.78 Å². The number of nitrogens with zero attached hydrogens (tertiary/aromatic N) is 4. The SMILES string of the molecule is C[C@@H]1C(=O)C(=CO)C[C@]2(c3ccccc3)c3c(c(-c4cncnc4)nn3C)CC[C@@H]12. The minimum Gasteiger partial charge on any atom is -0.515 e. The Morgan fingerprint density at radius 1 is 1.20 bits per heavy atom. The van der Waals surface area contributed by atoms with E-state index in [1.54, 1.807) is 12.4 Å². The normalized spacial score (nSPS) is 27.0. The van der Waals surface area contributed by atoms with Gasteiger partial charge < -0.3 is 5.11 Å². The number of benzene rings is 1. The van der Waals surface area contributed by atoms with E-state index >= 15 is 0 Å². The van der Waals surface area contributed by atoms with Crippen molar-refractivity contribution in [3.05, 3.63) is 77.7 Å². The quantitative estimate of drug-likeness (QED) is 0.523. The highest BCUT2D eigenvalue weighted by molar-refractivity contribution is 5.98. The first-order valence-electron chi connectivity index (χ1n) is 10.3. The Kier molecular flexibility index (Phi) is 4.31. The van der Waals surface area contributed by atoms with Crippen molar-refractivity contribution in [3.8, 4) is 11.3 Å². The maximum atomic E-state index is 12.9. The van der Waals surface area contributed by atoms with Crippen LogP contribution in [0, 0.1) is 11.8 Å². The van der Waals surface area contributed by atoms with Crippen molar-refractivity contribution in [2.75, 3.05) is 0 Å². The second kappa shape index (κ2) is 6.90. The summed E-state index contributed by atoms with van der Waals surface area (Å²) >= 11 is 0. The van der Waals surface area contributed by atoms with E-state index in [1.807, 2.05) is 36.9 Å². The zero-order valence-electron chi connectivity index (χ0n) is 17.1. The van der Waals surface area contributed by atoms with Gasteiger partial charge in [0, 0.05) is 47.5 Å². The van der Waals surface area contributed by atoms with Gasteiger partial charge in [-0.25, -0.2) is 9.97 Å². The van der Waals surface area contributed by atoms with Gasteiger partial charge in [-0.2, -0.15) is 5.10 Å². The Balaban J connectivity index is 1.81. The highest BCUT2D eigenvalue weighted by Crippen LogP contribution is 2.57. The predicted molar refractivity (Wildman–Crippen MR) is 113 cm³/mol. The van der Waals surface area contributed by atoms with Gasteiger partial charge >= 0.3 is 0 Å². The van der Waals surface area contributed by atoms with Crippen molar-refractivity contribution < 1.29 is 9.90 Å². The summed E-state index contributed by atoms with van der Waals surface area (Å²) in [5, 5.41) is 14.8. The van der Waals surface area contributed by atoms with E-state index in [0.717, 1.165) is 41.6 Å². The standard InChI is InChI=1S/C24H24N4O2/c1-15-20-9-8-19-21(17-11-25-14-26-12-17)27-28(2)23(19)24(20,10-16(13-29)22(15)30)18-6-4-3-5-7-18/h3-7,11-15,20,29H,8-10H2,1-2H3/t15-,20-,24+/m0/s1. The molecule has 6 heteroatoms. The molecule has 0 unspecified atom stereocenters. The van der Waals surface area contributed by atoms with Crippen LogP contribution in [-0.4, -0.2) is 30.6 Å². The molecule has 1 aromatic carbocycles. The molecule has 0 saturated heterocycles. The lowest BCUT2D eigenvalue weighted by Gasteiger charge is -2.50. The van der Waals surface area contributed by atoms with Crippen LogP contribution < -0.4 is 0 Å². The Morgan fingerprint density at radius 3 is 2.63 bits per heavy atom. The zero-order valence-corrected chi connectivity index (χ0v) is 17.1. The molecule has 5 rings (SSSR count). The molecule has 0 aliphatic heterocycles. The van der Waals surface area contributed by atoms with E-state index in [9.17, 15) is 9.90 Å². The molecule has 0 spiro atoms. The van der Waals surface area contributed by atoms with Crippen LogP contribution >= 0.6 is 0 Å². The lowest BCUT2D eigenvalue weighted by molar-refractivity contribution is -0.123. The van der Waals surface area contributed by atoms with Crippen LogP contribution in [0.25, 0.3) is 11.3 Å². The summed E-state index contributed by atoms with van der Waals surface area (Å²) in [6.45, 7) is 2.00. The Hall–Kier alpha value is -3.28. The second-order valence-corrected chi connectivity index (χ2v) is 8.39. The molecule has 2 heterocycles. The molecule has 0 bridgehead atoms. The highest BCUT2D eigenvalue weighted by atomic mass is 16.2. The molecule has 2 aromatic heterocycles. The first kappa shape index (κ1) is 18.7. The fourth-order valence-corrected chi connectivity index (χ4v) is 5.79. The van der Waals surface area contributed by atoms with Crippen molar-refractivity contribution in [2.24, 2.45) is 18.9 Å². The number of hydrogen-bond acceptors (Lipinski definition) is 5. The van der Waals surface area contributed by atoms with Gasteiger partial charge in [0.1, 0.15) is 6.33 Å². The van der Waals surface area contributed by atoms with Crippen LogP contribution in [0.4, 0.5) is 0 Å². The average molecular weight is 400 g/mol. The van der Waals surface area contributed by atoms with Crippen LogP contribution in [-0.2, 0) is 23.7 Å². The molecular formula is C24H24N4O2. The number of carbonyl (C=O) groups is 1. The third kappa shape index (κ3) is 2.49. The lowest BCUT2D eigenvalue weighted by Crippen LogP contribution is -2.51. The van der Waals surface area contributed by atoms with Gasteiger partial charge in [0.2, 0.25) is 0 Å². The van der Waals surface area contributed by atoms with Crippen LogP contribution in [0.2, 0.25) is 0 Å². The highest BCUT2D eigenvalue weighted by Gasteiger charge is 2.55. The van der Waals surface area contributed by atoms with Crippen molar-refractivity contribution >= 4 is 5.78 Å². The van der Waals surface area contributed by atoms with Gasteiger partial charge in [-0.3, -0.25) is 9.48 Å². The lowest BCUT2D eigenvalue weighted by atomic mass is 9.52. The summed E-state index contributed by atoms with van der Waals surface area (Å²) in [6, 6.07) is 10.4. The van der Waals surface area contributed by atoms with Gasteiger partial charge in [-0.15, -0.1) is 0 Å². The number of Topliss-reactive ketones (excluding diaryl/α,β-unsaturated/α-hetero) is 1. The Bertz CT molecular complexity index is 1140. The molecule has 3 aromatic rings. The number of aliphatic hydroxyl groups is 1. The first-order valence-corrected chi connectivity index (χ1v) is 10.3. The van der Waals surface area contributed by atoms with E-state index in [2.05, 4.69) is 22.1 Å². The molecule has 30 heavy (non-hydrogen) atoms. The van der Waals surface area contributed by atoms with Crippen LogP contribution in [0.15, 0.2) is 60.9 Å². The van der Waals surface area contributed by atoms with E-state index in [-0.39, 0.29) is 17.6 Å². The fourth-order valence-electron chi connectivity index (χ4n) is 5.79. The minimum absolute atomic E-state index is 0.0522. The monoisotopic (exact) mass is 400 g/mol. The van der Waals surface area contributed by atoms with E-state index < -0.39 is 5.41 Å². The van der Waals surface area contributed by atoms with Gasteiger partial charge in [0.25, 0.3) is 0 Å². The number of aryl methyl sites for hydroxylation is 1. The number of allylic oxidation sites excluding steroid dienone is 1. The number of rotatable bonds is 2. The molecule has 152 valence electrons. The third-order valence-corrected chi connectivity index (χ3v) is 6.99. The summed E-state index contributed by atoms with van der Waals surface area (Å²) < 4.78 is 1.97. The van der Waals surface area contributed by atoms with Gasteiger partial charge in [0.05, 0.1) is 17.6 Å². The minimum atomic E-state index is -0.424. The molecule has 6 nitrogen and oxygen atoms in total. The number of aliphatic hydroxyl groups excluding tert-OH is 1. The van der Waals surface area contributed by atoms with Crippen LogP contribution in [0.3, 0.4) is 0 Å². The average Bonchev–Trinajstić information content (AvgIpc) is 3.14. The first-order chi connectivity index (χ1) is 14.6.